The molecule has 1 amide bonds. The minimum absolute atomic E-state index is 0.426. The van der Waals surface area contributed by atoms with E-state index >= 15 is 0 Å². The molecule has 1 atom stereocenters. The number of benzene rings is 1. The number of anilines is 1. The number of hydrogen-bond donors (Lipinski definition) is 1. The van der Waals surface area contributed by atoms with Gasteiger partial charge in [0.05, 0.1) is 5.56 Å². The lowest BCUT2D eigenvalue weighted by atomic mass is 10.1. The number of hydroxylamine groups is 2. The largest absolute Gasteiger partial charge is 0.754 e. The summed E-state index contributed by atoms with van der Waals surface area (Å²) in [5.41, 5.74) is 1.14. The third-order valence-electron chi connectivity index (χ3n) is 2.70. The third kappa shape index (κ3) is 1.60. The van der Waals surface area contributed by atoms with Crippen molar-refractivity contribution in [3.05, 3.63) is 57.4 Å². The second-order valence-electron chi connectivity index (χ2n) is 3.74. The van der Waals surface area contributed by atoms with Gasteiger partial charge in [-0.3, -0.25) is 4.79 Å². The summed E-state index contributed by atoms with van der Waals surface area (Å²) in [6.07, 6.45) is -0.614. The van der Waals surface area contributed by atoms with Gasteiger partial charge in [-0.2, -0.15) is 0 Å². The van der Waals surface area contributed by atoms with Crippen LogP contribution < -0.4 is 5.32 Å². The molecule has 1 aromatic carbocycles. The molecule has 1 unspecified atom stereocenters. The minimum Gasteiger partial charge on any atom is -0.754 e. The zero-order chi connectivity index (χ0) is 11.8. The van der Waals surface area contributed by atoms with Crippen LogP contribution in [0.2, 0.25) is 0 Å². The number of thiophene rings is 1. The van der Waals surface area contributed by atoms with Crippen molar-refractivity contribution < 1.29 is 4.79 Å². The fourth-order valence-electron chi connectivity index (χ4n) is 1.87. The normalized spacial score (nSPS) is 18.8. The second kappa shape index (κ2) is 3.87. The summed E-state index contributed by atoms with van der Waals surface area (Å²) >= 11 is 1.45. The molecule has 5 heteroatoms. The Morgan fingerprint density at radius 2 is 2.06 bits per heavy atom. The Bertz CT molecular complexity index is 553. The van der Waals surface area contributed by atoms with Gasteiger partial charge in [0.15, 0.2) is 0 Å². The third-order valence-corrected chi connectivity index (χ3v) is 3.62. The molecule has 0 aliphatic carbocycles. The zero-order valence-electron chi connectivity index (χ0n) is 8.79. The second-order valence-corrected chi connectivity index (χ2v) is 4.72. The minimum atomic E-state index is -0.614. The smallest absolute Gasteiger partial charge is 0.247 e. The molecule has 4 nitrogen and oxygen atoms in total. The van der Waals surface area contributed by atoms with Crippen molar-refractivity contribution in [1.82, 2.24) is 5.06 Å². The molecular weight excluding hydrogens is 236 g/mol. The van der Waals surface area contributed by atoms with Crippen molar-refractivity contribution in [1.29, 1.82) is 0 Å². The van der Waals surface area contributed by atoms with Crippen LogP contribution in [0.5, 0.6) is 0 Å². The van der Waals surface area contributed by atoms with E-state index in [4.69, 9.17) is 0 Å². The molecule has 3 rings (SSSR count). The Morgan fingerprint density at radius 3 is 2.82 bits per heavy atom. The maximum atomic E-state index is 11.9. The van der Waals surface area contributed by atoms with Crippen LogP contribution in [-0.2, 0) is 0 Å². The van der Waals surface area contributed by atoms with Crippen LogP contribution in [0.15, 0.2) is 41.8 Å². The summed E-state index contributed by atoms with van der Waals surface area (Å²) < 4.78 is 0. The number of rotatable bonds is 1. The number of carbonyl (C=O) groups is 1. The van der Waals surface area contributed by atoms with Crippen molar-refractivity contribution >= 4 is 22.9 Å². The highest BCUT2D eigenvalue weighted by molar-refractivity contribution is 7.10. The molecule has 0 radical (unpaired) electrons. The molecule has 0 saturated carbocycles. The van der Waals surface area contributed by atoms with E-state index < -0.39 is 12.1 Å². The zero-order valence-corrected chi connectivity index (χ0v) is 9.61. The van der Waals surface area contributed by atoms with Crippen LogP contribution in [0.4, 0.5) is 5.69 Å². The van der Waals surface area contributed by atoms with Crippen LogP contribution in [0.3, 0.4) is 0 Å². The lowest BCUT2D eigenvalue weighted by Gasteiger charge is -2.41. The van der Waals surface area contributed by atoms with Gasteiger partial charge in [0.2, 0.25) is 5.91 Å². The molecular formula is C12H9N2O2S-. The number of nitrogens with zero attached hydrogens (tertiary/aromatic N) is 1. The van der Waals surface area contributed by atoms with Crippen LogP contribution >= 0.6 is 11.3 Å². The first-order valence-corrected chi connectivity index (χ1v) is 6.05. The van der Waals surface area contributed by atoms with E-state index in [2.05, 4.69) is 5.32 Å². The number of amides is 1. The van der Waals surface area contributed by atoms with Crippen molar-refractivity contribution in [2.24, 2.45) is 0 Å². The van der Waals surface area contributed by atoms with E-state index in [1.807, 2.05) is 23.6 Å². The SMILES string of the molecule is O=C1c2ccccc2NC(c2cccs2)N1[O-]. The van der Waals surface area contributed by atoms with Crippen molar-refractivity contribution in [3.63, 3.8) is 0 Å². The predicted octanol–water partition coefficient (Wildman–Crippen LogP) is 2.81. The number of nitrogens with one attached hydrogen (secondary N) is 1. The Labute approximate surface area is 102 Å². The van der Waals surface area contributed by atoms with Gasteiger partial charge in [0.1, 0.15) is 6.17 Å². The first kappa shape index (κ1) is 10.3. The van der Waals surface area contributed by atoms with Gasteiger partial charge in [-0.05, 0) is 23.6 Å². The summed E-state index contributed by atoms with van der Waals surface area (Å²) in [6.45, 7) is 0. The molecule has 1 N–H and O–H groups in total. The van der Waals surface area contributed by atoms with Gasteiger partial charge in [0.25, 0.3) is 0 Å². The number of fused-ring (bicyclic) bond motifs is 1. The Hall–Kier alpha value is -1.85. The molecule has 17 heavy (non-hydrogen) atoms. The molecule has 1 aliphatic heterocycles. The van der Waals surface area contributed by atoms with Crippen LogP contribution in [-0.4, -0.2) is 11.0 Å². The van der Waals surface area contributed by atoms with Gasteiger partial charge in [-0.1, -0.05) is 18.2 Å². The highest BCUT2D eigenvalue weighted by Crippen LogP contribution is 2.33. The van der Waals surface area contributed by atoms with Gasteiger partial charge < -0.3 is 15.6 Å². The fourth-order valence-corrected chi connectivity index (χ4v) is 2.63. The fraction of sp³-hybridized carbons (Fsp3) is 0.0833. The van der Waals surface area contributed by atoms with Crippen LogP contribution in [0.1, 0.15) is 21.4 Å². The maximum Gasteiger partial charge on any atom is 0.247 e. The molecule has 0 fully saturated rings. The summed E-state index contributed by atoms with van der Waals surface area (Å²) in [4.78, 5) is 12.7. The van der Waals surface area contributed by atoms with E-state index in [1.54, 1.807) is 18.2 Å². The quantitative estimate of drug-likeness (QED) is 0.840. The van der Waals surface area contributed by atoms with E-state index in [0.717, 1.165) is 4.88 Å². The lowest BCUT2D eigenvalue weighted by molar-refractivity contribution is 0.0773. The van der Waals surface area contributed by atoms with Gasteiger partial charge in [0, 0.05) is 10.6 Å². The molecule has 1 aromatic heterocycles. The molecule has 86 valence electrons. The van der Waals surface area contributed by atoms with E-state index in [1.165, 1.54) is 11.3 Å². The standard InChI is InChI=1S/C12H9N2O2S/c15-12-8-4-1-2-5-9(8)13-11(14(12)16)10-6-3-7-17-10/h1-7,11,13H/q-1. The van der Waals surface area contributed by atoms with Crippen molar-refractivity contribution in [3.8, 4) is 0 Å². The predicted molar refractivity (Wildman–Crippen MR) is 66.7 cm³/mol. The summed E-state index contributed by atoms with van der Waals surface area (Å²) in [6, 6.07) is 10.7. The molecule has 0 spiro atoms. The van der Waals surface area contributed by atoms with Crippen LogP contribution in [0.25, 0.3) is 0 Å². The highest BCUT2D eigenvalue weighted by Gasteiger charge is 2.27. The molecule has 0 saturated heterocycles. The average molecular weight is 245 g/mol. The highest BCUT2D eigenvalue weighted by atomic mass is 32.1. The first-order valence-electron chi connectivity index (χ1n) is 5.17. The molecule has 1 aliphatic rings. The Kier molecular flexibility index (Phi) is 2.35. The lowest BCUT2D eigenvalue weighted by Crippen LogP contribution is -2.38. The van der Waals surface area contributed by atoms with Gasteiger partial charge >= 0.3 is 0 Å². The van der Waals surface area contributed by atoms with E-state index in [9.17, 15) is 10.0 Å². The molecule has 2 aromatic rings. The van der Waals surface area contributed by atoms with Crippen molar-refractivity contribution in [2.45, 2.75) is 6.17 Å². The summed E-state index contributed by atoms with van der Waals surface area (Å²) in [7, 11) is 0. The van der Waals surface area contributed by atoms with Gasteiger partial charge in [-0.15, -0.1) is 11.3 Å². The van der Waals surface area contributed by atoms with E-state index in [-0.39, 0.29) is 0 Å². The number of hydrogen-bond acceptors (Lipinski definition) is 4. The average Bonchev–Trinajstić information content (AvgIpc) is 2.87. The number of carbonyl (C=O) groups excluding carboxylic acids is 1. The first-order chi connectivity index (χ1) is 8.27. The monoisotopic (exact) mass is 245 g/mol. The van der Waals surface area contributed by atoms with Crippen LogP contribution in [0, 0.1) is 5.21 Å². The summed E-state index contributed by atoms with van der Waals surface area (Å²) in [5.74, 6) is -0.488. The van der Waals surface area contributed by atoms with Crippen molar-refractivity contribution in [2.75, 3.05) is 5.32 Å². The molecule has 0 bridgehead atoms. The Balaban J connectivity index is 2.05. The Morgan fingerprint density at radius 1 is 1.24 bits per heavy atom. The van der Waals surface area contributed by atoms with E-state index in [0.29, 0.717) is 16.3 Å². The maximum absolute atomic E-state index is 11.9. The molecule has 2 heterocycles. The topological polar surface area (TPSA) is 55.4 Å². The number of para-hydroxylation sites is 1. The van der Waals surface area contributed by atoms with Gasteiger partial charge in [-0.25, -0.2) is 0 Å². The summed E-state index contributed by atoms with van der Waals surface area (Å²) in [5, 5.41) is 17.4.